The molecule has 0 bridgehead atoms. The summed E-state index contributed by atoms with van der Waals surface area (Å²) in [4.78, 5) is 25.1. The van der Waals surface area contributed by atoms with E-state index in [1.807, 2.05) is 18.2 Å². The first-order valence-electron chi connectivity index (χ1n) is 16.1. The molecule has 0 spiro atoms. The van der Waals surface area contributed by atoms with Crippen LogP contribution in [0.4, 0.5) is 0 Å². The SMILES string of the molecule is CCCCCCCCCCCCCCCCOc1ccc(C(=O)Oc2ccc(C(=O)/C=C/c3ccccc3Cl)cc2)cc1. The molecule has 0 fully saturated rings. The predicted molar refractivity (Wildman–Crippen MR) is 178 cm³/mol. The molecular formula is C38H47ClO4. The van der Waals surface area contributed by atoms with Gasteiger partial charge in [-0.15, -0.1) is 0 Å². The molecule has 0 saturated carbocycles. The number of ether oxygens (including phenoxy) is 2. The highest BCUT2D eigenvalue weighted by atomic mass is 35.5. The molecule has 43 heavy (non-hydrogen) atoms. The Morgan fingerprint density at radius 3 is 1.72 bits per heavy atom. The lowest BCUT2D eigenvalue weighted by atomic mass is 10.0. The van der Waals surface area contributed by atoms with E-state index in [1.165, 1.54) is 89.5 Å². The van der Waals surface area contributed by atoms with Crippen LogP contribution in [-0.4, -0.2) is 18.4 Å². The maximum atomic E-state index is 12.6. The summed E-state index contributed by atoms with van der Waals surface area (Å²) < 4.78 is 11.3. The van der Waals surface area contributed by atoms with E-state index in [0.717, 1.165) is 17.7 Å². The second-order valence-electron chi connectivity index (χ2n) is 11.1. The molecule has 0 N–H and O–H groups in total. The monoisotopic (exact) mass is 602 g/mol. The maximum absolute atomic E-state index is 12.6. The molecule has 3 aromatic carbocycles. The van der Waals surface area contributed by atoms with E-state index in [2.05, 4.69) is 6.92 Å². The summed E-state index contributed by atoms with van der Waals surface area (Å²) >= 11 is 6.14. The third-order valence-corrected chi connectivity index (χ3v) is 7.87. The summed E-state index contributed by atoms with van der Waals surface area (Å²) in [5, 5.41) is 0.582. The van der Waals surface area contributed by atoms with Gasteiger partial charge >= 0.3 is 5.97 Å². The second-order valence-corrected chi connectivity index (χ2v) is 11.5. The fourth-order valence-corrected chi connectivity index (χ4v) is 5.10. The minimum Gasteiger partial charge on any atom is -0.494 e. The molecule has 3 rings (SSSR count). The van der Waals surface area contributed by atoms with Gasteiger partial charge in [0, 0.05) is 10.6 Å². The number of allylic oxidation sites excluding steroid dienone is 1. The van der Waals surface area contributed by atoms with Gasteiger partial charge in [-0.3, -0.25) is 4.79 Å². The molecule has 230 valence electrons. The van der Waals surface area contributed by atoms with Crippen molar-refractivity contribution in [2.24, 2.45) is 0 Å². The van der Waals surface area contributed by atoms with Crippen LogP contribution in [0.15, 0.2) is 78.9 Å². The third-order valence-electron chi connectivity index (χ3n) is 7.53. The van der Waals surface area contributed by atoms with Crippen molar-refractivity contribution < 1.29 is 19.1 Å². The van der Waals surface area contributed by atoms with Gasteiger partial charge < -0.3 is 9.47 Å². The second kappa shape index (κ2) is 20.5. The van der Waals surface area contributed by atoms with Crippen molar-refractivity contribution in [1.82, 2.24) is 0 Å². The van der Waals surface area contributed by atoms with E-state index in [-0.39, 0.29) is 5.78 Å². The molecule has 0 amide bonds. The average Bonchev–Trinajstić information content (AvgIpc) is 3.03. The topological polar surface area (TPSA) is 52.6 Å². The minimum absolute atomic E-state index is 0.164. The van der Waals surface area contributed by atoms with Gasteiger partial charge in [0.1, 0.15) is 11.5 Å². The number of esters is 1. The molecule has 0 aliphatic carbocycles. The third kappa shape index (κ3) is 13.6. The van der Waals surface area contributed by atoms with Crippen molar-refractivity contribution in [3.05, 3.63) is 101 Å². The number of unbranched alkanes of at least 4 members (excludes halogenated alkanes) is 13. The average molecular weight is 603 g/mol. The molecule has 0 radical (unpaired) electrons. The largest absolute Gasteiger partial charge is 0.494 e. The van der Waals surface area contributed by atoms with Crippen LogP contribution in [0.3, 0.4) is 0 Å². The Balaban J connectivity index is 1.26. The Morgan fingerprint density at radius 1 is 0.628 bits per heavy atom. The highest BCUT2D eigenvalue weighted by molar-refractivity contribution is 6.32. The number of carbonyl (C=O) groups excluding carboxylic acids is 2. The summed E-state index contributed by atoms with van der Waals surface area (Å²) in [5.74, 6) is 0.493. The summed E-state index contributed by atoms with van der Waals surface area (Å²) in [5.41, 5.74) is 1.70. The van der Waals surface area contributed by atoms with Crippen LogP contribution in [-0.2, 0) is 0 Å². The van der Waals surface area contributed by atoms with Gasteiger partial charge in [-0.2, -0.15) is 0 Å². The van der Waals surface area contributed by atoms with Crippen LogP contribution in [0.5, 0.6) is 11.5 Å². The van der Waals surface area contributed by atoms with Crippen molar-refractivity contribution in [2.75, 3.05) is 6.61 Å². The van der Waals surface area contributed by atoms with Crippen molar-refractivity contribution in [3.63, 3.8) is 0 Å². The molecule has 0 aliphatic rings. The fraction of sp³-hybridized carbons (Fsp3) is 0.421. The Morgan fingerprint density at radius 2 is 1.14 bits per heavy atom. The number of carbonyl (C=O) groups is 2. The van der Waals surface area contributed by atoms with Crippen LogP contribution in [0.25, 0.3) is 6.08 Å². The van der Waals surface area contributed by atoms with E-state index in [9.17, 15) is 9.59 Å². The van der Waals surface area contributed by atoms with Crippen LogP contribution >= 0.6 is 11.6 Å². The highest BCUT2D eigenvalue weighted by Gasteiger charge is 2.10. The summed E-state index contributed by atoms with van der Waals surface area (Å²) in [7, 11) is 0. The zero-order valence-corrected chi connectivity index (χ0v) is 26.5. The Hall–Kier alpha value is -3.37. The van der Waals surface area contributed by atoms with E-state index >= 15 is 0 Å². The molecule has 0 aliphatic heterocycles. The van der Waals surface area contributed by atoms with Crippen molar-refractivity contribution >= 4 is 29.4 Å². The summed E-state index contributed by atoms with van der Waals surface area (Å²) in [6.07, 6.45) is 21.8. The van der Waals surface area contributed by atoms with Crippen LogP contribution < -0.4 is 9.47 Å². The molecule has 4 nitrogen and oxygen atoms in total. The van der Waals surface area contributed by atoms with Crippen LogP contribution in [0.1, 0.15) is 123 Å². The molecule has 0 aromatic heterocycles. The van der Waals surface area contributed by atoms with Gasteiger partial charge in [0.2, 0.25) is 0 Å². The standard InChI is InChI=1S/C38H47ClO4/c1-2-3-4-5-6-7-8-9-10-11-12-13-14-17-30-42-34-25-22-33(23-26-34)38(41)43-35-27-20-32(21-28-35)37(40)29-24-31-18-15-16-19-36(31)39/h15-16,18-29H,2-14,17,30H2,1H3/b29-24+. The van der Waals surface area contributed by atoms with Gasteiger partial charge in [-0.25, -0.2) is 4.79 Å². The van der Waals surface area contributed by atoms with Gasteiger partial charge in [-0.1, -0.05) is 120 Å². The number of halogens is 1. The Kier molecular flexibility index (Phi) is 16.3. The molecule has 0 saturated heterocycles. The zero-order chi connectivity index (χ0) is 30.5. The van der Waals surface area contributed by atoms with E-state index in [4.69, 9.17) is 21.1 Å². The molecule has 5 heteroatoms. The first-order chi connectivity index (χ1) is 21.1. The van der Waals surface area contributed by atoms with Crippen LogP contribution in [0.2, 0.25) is 5.02 Å². The van der Waals surface area contributed by atoms with Gasteiger partial charge in [0.15, 0.2) is 5.78 Å². The van der Waals surface area contributed by atoms with E-state index in [0.29, 0.717) is 28.5 Å². The highest BCUT2D eigenvalue weighted by Crippen LogP contribution is 2.20. The van der Waals surface area contributed by atoms with Crippen LogP contribution in [0, 0.1) is 0 Å². The minimum atomic E-state index is -0.462. The number of hydrogen-bond donors (Lipinski definition) is 0. The molecule has 0 atom stereocenters. The maximum Gasteiger partial charge on any atom is 0.343 e. The van der Waals surface area contributed by atoms with Crippen molar-refractivity contribution in [2.45, 2.75) is 96.8 Å². The summed E-state index contributed by atoms with van der Waals surface area (Å²) in [6.45, 7) is 2.95. The number of rotatable bonds is 21. The van der Waals surface area contributed by atoms with E-state index in [1.54, 1.807) is 60.7 Å². The van der Waals surface area contributed by atoms with E-state index < -0.39 is 5.97 Å². The Labute approximate surface area is 263 Å². The van der Waals surface area contributed by atoms with Crippen molar-refractivity contribution in [3.8, 4) is 11.5 Å². The molecule has 0 heterocycles. The van der Waals surface area contributed by atoms with Gasteiger partial charge in [-0.05, 0) is 78.7 Å². The number of benzene rings is 3. The number of ketones is 1. The Bertz CT molecular complexity index is 1250. The molecule has 3 aromatic rings. The smallest absolute Gasteiger partial charge is 0.343 e. The van der Waals surface area contributed by atoms with Gasteiger partial charge in [0.25, 0.3) is 0 Å². The quantitative estimate of drug-likeness (QED) is 0.0400. The lowest BCUT2D eigenvalue weighted by Crippen LogP contribution is -2.08. The first-order valence-corrected chi connectivity index (χ1v) is 16.5. The fourth-order valence-electron chi connectivity index (χ4n) is 4.90. The number of hydrogen-bond acceptors (Lipinski definition) is 4. The van der Waals surface area contributed by atoms with Crippen molar-refractivity contribution in [1.29, 1.82) is 0 Å². The first kappa shape index (κ1) is 34.1. The van der Waals surface area contributed by atoms with Gasteiger partial charge in [0.05, 0.1) is 12.2 Å². The predicted octanol–water partition coefficient (Wildman–Crippen LogP) is 11.3. The summed E-state index contributed by atoms with van der Waals surface area (Å²) in [6, 6.07) is 20.8. The molecular weight excluding hydrogens is 556 g/mol. The zero-order valence-electron chi connectivity index (χ0n) is 25.7. The lowest BCUT2D eigenvalue weighted by molar-refractivity contribution is 0.0734. The normalized spacial score (nSPS) is 11.1. The lowest BCUT2D eigenvalue weighted by Gasteiger charge is -2.08. The molecule has 0 unspecified atom stereocenters.